The third-order valence-electron chi connectivity index (χ3n) is 5.75. The molecule has 34 heavy (non-hydrogen) atoms. The van der Waals surface area contributed by atoms with E-state index in [1.54, 1.807) is 61.5 Å². The van der Waals surface area contributed by atoms with Gasteiger partial charge in [-0.2, -0.15) is 0 Å². The van der Waals surface area contributed by atoms with Crippen LogP contribution in [-0.4, -0.2) is 38.1 Å². The number of benzene rings is 2. The third kappa shape index (κ3) is 3.13. The van der Waals surface area contributed by atoms with Gasteiger partial charge in [-0.15, -0.1) is 6.42 Å². The first-order valence-electron chi connectivity index (χ1n) is 10.5. The van der Waals surface area contributed by atoms with Gasteiger partial charge in [-0.3, -0.25) is 9.69 Å². The van der Waals surface area contributed by atoms with E-state index in [2.05, 4.69) is 5.92 Å². The van der Waals surface area contributed by atoms with Crippen molar-refractivity contribution in [2.75, 3.05) is 25.2 Å². The maximum atomic E-state index is 14.2. The van der Waals surface area contributed by atoms with E-state index >= 15 is 0 Å². The lowest BCUT2D eigenvalue weighted by Crippen LogP contribution is -2.50. The van der Waals surface area contributed by atoms with Crippen LogP contribution in [0.25, 0.3) is 5.76 Å². The van der Waals surface area contributed by atoms with Gasteiger partial charge in [-0.25, -0.2) is 9.59 Å². The number of hydrogen-bond acceptors (Lipinski definition) is 7. The van der Waals surface area contributed by atoms with Crippen molar-refractivity contribution < 1.29 is 28.6 Å². The van der Waals surface area contributed by atoms with Crippen LogP contribution >= 0.6 is 0 Å². The minimum Gasteiger partial charge on any atom is -0.465 e. The minimum atomic E-state index is -1.99. The maximum Gasteiger partial charge on any atom is 0.340 e. The summed E-state index contributed by atoms with van der Waals surface area (Å²) < 4.78 is 16.2. The molecule has 0 saturated heterocycles. The first-order chi connectivity index (χ1) is 16.4. The first kappa shape index (κ1) is 22.7. The van der Waals surface area contributed by atoms with Crippen LogP contribution in [0.1, 0.15) is 18.1 Å². The average Bonchev–Trinajstić information content (AvgIpc) is 3.08. The second kappa shape index (κ2) is 8.79. The number of carbonyl (C=O) groups excluding carboxylic acids is 3. The number of nitrogens with zero attached hydrogens (tertiary/aromatic N) is 1. The Morgan fingerprint density at radius 1 is 1.09 bits per heavy atom. The molecule has 0 bridgehead atoms. The van der Waals surface area contributed by atoms with Gasteiger partial charge in [0.05, 0.1) is 20.3 Å². The molecule has 2 aromatic rings. The first-order valence-corrected chi connectivity index (χ1v) is 10.5. The topological polar surface area (TPSA) is 108 Å². The van der Waals surface area contributed by atoms with Crippen LogP contribution in [0.3, 0.4) is 0 Å². The number of methoxy groups -OCH3 is 1. The monoisotopic (exact) mass is 458 g/mol. The van der Waals surface area contributed by atoms with Crippen LogP contribution in [0.2, 0.25) is 0 Å². The lowest BCUT2D eigenvalue weighted by Gasteiger charge is -2.36. The van der Waals surface area contributed by atoms with E-state index in [0.29, 0.717) is 16.8 Å². The largest absolute Gasteiger partial charge is 0.465 e. The summed E-state index contributed by atoms with van der Waals surface area (Å²) in [5, 5.41) is 0. The highest BCUT2D eigenvalue weighted by Crippen LogP contribution is 2.55. The number of esters is 2. The lowest BCUT2D eigenvalue weighted by atomic mass is 9.67. The van der Waals surface area contributed by atoms with Crippen LogP contribution in [0.15, 0.2) is 71.6 Å². The predicted molar refractivity (Wildman–Crippen MR) is 124 cm³/mol. The summed E-state index contributed by atoms with van der Waals surface area (Å²) in [5.74, 6) is -0.267. The highest BCUT2D eigenvalue weighted by Gasteiger charge is 2.64. The van der Waals surface area contributed by atoms with Gasteiger partial charge in [-0.05, 0) is 13.0 Å². The Morgan fingerprint density at radius 2 is 1.76 bits per heavy atom. The van der Waals surface area contributed by atoms with Gasteiger partial charge in [0.1, 0.15) is 22.3 Å². The van der Waals surface area contributed by atoms with Gasteiger partial charge in [0.25, 0.3) is 0 Å². The van der Waals surface area contributed by atoms with E-state index in [4.69, 9.17) is 26.4 Å². The Morgan fingerprint density at radius 3 is 2.41 bits per heavy atom. The molecule has 0 radical (unpaired) electrons. The zero-order valence-electron chi connectivity index (χ0n) is 18.7. The Kier molecular flexibility index (Phi) is 5.86. The zero-order chi connectivity index (χ0) is 24.5. The van der Waals surface area contributed by atoms with Crippen molar-refractivity contribution in [1.29, 1.82) is 0 Å². The predicted octanol–water partition coefficient (Wildman–Crippen LogP) is 2.25. The van der Waals surface area contributed by atoms with Crippen LogP contribution < -0.4 is 10.6 Å². The molecule has 0 aromatic heterocycles. The Bertz CT molecular complexity index is 1290. The fourth-order valence-corrected chi connectivity index (χ4v) is 4.47. The van der Waals surface area contributed by atoms with Gasteiger partial charge < -0.3 is 19.9 Å². The van der Waals surface area contributed by atoms with E-state index in [-0.39, 0.29) is 35.9 Å². The van der Waals surface area contributed by atoms with Crippen LogP contribution in [-0.2, 0) is 34.0 Å². The molecule has 1 amide bonds. The SMILES string of the molecule is C#CCN1C(=O)[C@@]2(C(C(=O)OC)=C(N)OC(c3ccccc3)=C2C(=O)OCC)c2ccccc21. The number of ether oxygens (including phenoxy) is 3. The van der Waals surface area contributed by atoms with E-state index in [0.717, 1.165) is 7.11 Å². The summed E-state index contributed by atoms with van der Waals surface area (Å²) in [4.78, 5) is 42.2. The summed E-state index contributed by atoms with van der Waals surface area (Å²) in [6.45, 7) is 1.57. The number of terminal acetylenes is 1. The number of para-hydroxylation sites is 1. The molecule has 0 unspecified atom stereocenters. The van der Waals surface area contributed by atoms with Crippen molar-refractivity contribution in [2.24, 2.45) is 5.73 Å². The molecule has 1 spiro atoms. The number of rotatable bonds is 5. The van der Waals surface area contributed by atoms with E-state index < -0.39 is 23.3 Å². The smallest absolute Gasteiger partial charge is 0.340 e. The highest BCUT2D eigenvalue weighted by atomic mass is 16.5. The summed E-state index contributed by atoms with van der Waals surface area (Å²) in [6, 6.07) is 15.4. The van der Waals surface area contributed by atoms with Crippen LogP contribution in [0.4, 0.5) is 5.69 Å². The molecular formula is C26H22N2O6. The molecule has 0 saturated carbocycles. The second-order valence-corrected chi connectivity index (χ2v) is 7.49. The van der Waals surface area contributed by atoms with Gasteiger partial charge in [0, 0.05) is 16.8 Å². The standard InChI is InChI=1S/C26H22N2O6/c1-4-15-28-18-14-10-9-13-17(18)26(25(28)31)19(24(30)33-5-2)21(16-11-7-6-8-12-16)34-22(27)20(26)23(29)32-3/h1,6-14H,5,15,27H2,2-3H3/t26-/m0/s1. The summed E-state index contributed by atoms with van der Waals surface area (Å²) in [5.41, 5.74) is 5.06. The number of fused-ring (bicyclic) bond motifs is 2. The van der Waals surface area contributed by atoms with Crippen LogP contribution in [0.5, 0.6) is 0 Å². The number of nitrogens with two attached hydrogens (primary N) is 1. The summed E-state index contributed by atoms with van der Waals surface area (Å²) >= 11 is 0. The van der Waals surface area contributed by atoms with Crippen molar-refractivity contribution in [3.05, 3.63) is 82.8 Å². The molecule has 2 aliphatic heterocycles. The molecule has 4 rings (SSSR count). The molecule has 2 aromatic carbocycles. The lowest BCUT2D eigenvalue weighted by molar-refractivity contribution is -0.142. The molecule has 8 nitrogen and oxygen atoms in total. The fraction of sp³-hybridized carbons (Fsp3) is 0.192. The molecule has 1 atom stereocenters. The van der Waals surface area contributed by atoms with Gasteiger partial charge in [-0.1, -0.05) is 54.5 Å². The molecular weight excluding hydrogens is 436 g/mol. The van der Waals surface area contributed by atoms with E-state index in [9.17, 15) is 14.4 Å². The van der Waals surface area contributed by atoms with E-state index in [1.165, 1.54) is 4.90 Å². The molecule has 0 aliphatic carbocycles. The molecule has 0 fully saturated rings. The van der Waals surface area contributed by atoms with Crippen molar-refractivity contribution >= 4 is 29.3 Å². The highest BCUT2D eigenvalue weighted by molar-refractivity contribution is 6.24. The average molecular weight is 458 g/mol. The van der Waals surface area contributed by atoms with Gasteiger partial charge >= 0.3 is 11.9 Å². The number of hydrogen-bond donors (Lipinski definition) is 1. The van der Waals surface area contributed by atoms with Gasteiger partial charge in [0.2, 0.25) is 11.8 Å². The Labute approximate surface area is 196 Å². The molecule has 8 heteroatoms. The summed E-state index contributed by atoms with van der Waals surface area (Å²) in [7, 11) is 1.15. The van der Waals surface area contributed by atoms with Crippen molar-refractivity contribution in [3.8, 4) is 12.3 Å². The van der Waals surface area contributed by atoms with Crippen molar-refractivity contribution in [2.45, 2.75) is 12.3 Å². The Hall–Kier alpha value is -4.51. The fourth-order valence-electron chi connectivity index (χ4n) is 4.47. The quantitative estimate of drug-likeness (QED) is 0.541. The van der Waals surface area contributed by atoms with Crippen molar-refractivity contribution in [3.63, 3.8) is 0 Å². The molecule has 2 aliphatic rings. The Balaban J connectivity index is 2.18. The molecule has 2 heterocycles. The number of anilines is 1. The zero-order valence-corrected chi connectivity index (χ0v) is 18.7. The summed E-state index contributed by atoms with van der Waals surface area (Å²) in [6.07, 6.45) is 5.55. The number of carbonyl (C=O) groups is 3. The normalized spacial score (nSPS) is 19.0. The molecule has 2 N–H and O–H groups in total. The van der Waals surface area contributed by atoms with E-state index in [1.807, 2.05) is 0 Å². The molecule has 172 valence electrons. The third-order valence-corrected chi connectivity index (χ3v) is 5.75. The van der Waals surface area contributed by atoms with Crippen molar-refractivity contribution in [1.82, 2.24) is 0 Å². The minimum absolute atomic E-state index is 0.00918. The maximum absolute atomic E-state index is 14.2. The number of amides is 1. The second-order valence-electron chi connectivity index (χ2n) is 7.49. The van der Waals surface area contributed by atoms with Crippen LogP contribution in [0, 0.1) is 12.3 Å². The van der Waals surface area contributed by atoms with Gasteiger partial charge in [0.15, 0.2) is 0 Å².